The van der Waals surface area contributed by atoms with Crippen LogP contribution in [-0.4, -0.2) is 26.0 Å². The van der Waals surface area contributed by atoms with Gasteiger partial charge in [-0.05, 0) is 73.1 Å². The molecule has 2 N–H and O–H groups in total. The van der Waals surface area contributed by atoms with Gasteiger partial charge in [-0.3, -0.25) is 14.4 Å². The van der Waals surface area contributed by atoms with E-state index in [0.717, 1.165) is 4.88 Å². The molecule has 9 heteroatoms. The molecule has 6 nitrogen and oxygen atoms in total. The Bertz CT molecular complexity index is 1160. The second kappa shape index (κ2) is 10.3. The van der Waals surface area contributed by atoms with Crippen LogP contribution in [-0.2, 0) is 14.8 Å². The van der Waals surface area contributed by atoms with Crippen LogP contribution in [0.15, 0.2) is 83.1 Å². The molecule has 0 aliphatic rings. The average molecular weight is 472 g/mol. The Kier molecular flexibility index (Phi) is 7.56. The van der Waals surface area contributed by atoms with Gasteiger partial charge in [0, 0.05) is 23.2 Å². The van der Waals surface area contributed by atoms with Crippen molar-refractivity contribution in [1.29, 1.82) is 0 Å². The van der Waals surface area contributed by atoms with Crippen molar-refractivity contribution >= 4 is 62.0 Å². The molecular weight excluding hydrogens is 450 g/mol. The summed E-state index contributed by atoms with van der Waals surface area (Å²) in [6.07, 6.45) is 3.10. The summed E-state index contributed by atoms with van der Waals surface area (Å²) in [5, 5.41) is 7.48. The molecule has 0 saturated heterocycles. The number of carbonyl (C=O) groups excluding carboxylic acids is 1. The molecule has 160 valence electrons. The Balaban J connectivity index is 1.64. The third kappa shape index (κ3) is 6.00. The summed E-state index contributed by atoms with van der Waals surface area (Å²) in [5.74, 6) is -0.355. The summed E-state index contributed by atoms with van der Waals surface area (Å²) in [5.41, 5.74) is 1.17. The van der Waals surface area contributed by atoms with Gasteiger partial charge in [-0.15, -0.1) is 11.3 Å². The molecule has 0 aliphatic heterocycles. The Morgan fingerprint density at radius 1 is 1.06 bits per heavy atom. The predicted octanol–water partition coefficient (Wildman–Crippen LogP) is 4.49. The van der Waals surface area contributed by atoms with Crippen LogP contribution >= 0.6 is 23.6 Å². The molecule has 0 spiro atoms. The van der Waals surface area contributed by atoms with Crippen molar-refractivity contribution < 1.29 is 13.2 Å². The van der Waals surface area contributed by atoms with Gasteiger partial charge in [-0.25, -0.2) is 8.42 Å². The maximum Gasteiger partial charge on any atom is 0.264 e. The standard InChI is InChI=1S/C22H21N3O3S3/c1-2-25(18-7-4-3-5-8-18)31(27,28)20-13-10-17(11-14-20)23-22(29)24-21(26)15-12-19-9-6-16-30-19/h3-16H,2H2,1H3,(H2,23,24,26,29)/b15-12+. The van der Waals surface area contributed by atoms with E-state index in [1.165, 1.54) is 33.9 Å². The second-order valence-corrected chi connectivity index (χ2v) is 9.57. The number of thiophene rings is 1. The summed E-state index contributed by atoms with van der Waals surface area (Å²) >= 11 is 6.68. The molecule has 1 amide bonds. The second-order valence-electron chi connectivity index (χ2n) is 6.32. The third-order valence-electron chi connectivity index (χ3n) is 4.21. The smallest absolute Gasteiger partial charge is 0.264 e. The molecule has 1 aromatic heterocycles. The van der Waals surface area contributed by atoms with Crippen molar-refractivity contribution in [3.05, 3.63) is 83.1 Å². The monoisotopic (exact) mass is 471 g/mol. The first-order valence-electron chi connectivity index (χ1n) is 9.41. The number of thiocarbonyl (C=S) groups is 1. The molecule has 0 unspecified atom stereocenters. The van der Waals surface area contributed by atoms with Crippen LogP contribution < -0.4 is 14.9 Å². The van der Waals surface area contributed by atoms with Gasteiger partial charge in [0.15, 0.2) is 5.11 Å². The number of anilines is 2. The highest BCUT2D eigenvalue weighted by molar-refractivity contribution is 7.92. The largest absolute Gasteiger partial charge is 0.332 e. The quantitative estimate of drug-likeness (QED) is 0.392. The van der Waals surface area contributed by atoms with E-state index in [9.17, 15) is 13.2 Å². The fraction of sp³-hybridized carbons (Fsp3) is 0.0909. The van der Waals surface area contributed by atoms with E-state index in [2.05, 4.69) is 10.6 Å². The number of carbonyl (C=O) groups is 1. The fourth-order valence-corrected chi connectivity index (χ4v) is 5.09. The summed E-state index contributed by atoms with van der Waals surface area (Å²) < 4.78 is 27.4. The molecule has 31 heavy (non-hydrogen) atoms. The molecule has 3 rings (SSSR count). The first-order chi connectivity index (χ1) is 14.9. The van der Waals surface area contributed by atoms with Crippen LogP contribution in [0.5, 0.6) is 0 Å². The number of hydrogen-bond donors (Lipinski definition) is 2. The van der Waals surface area contributed by atoms with Crippen LogP contribution in [0.25, 0.3) is 6.08 Å². The highest BCUT2D eigenvalue weighted by atomic mass is 32.2. The van der Waals surface area contributed by atoms with Gasteiger partial charge in [0.2, 0.25) is 5.91 Å². The van der Waals surface area contributed by atoms with Gasteiger partial charge >= 0.3 is 0 Å². The lowest BCUT2D eigenvalue weighted by atomic mass is 10.3. The van der Waals surface area contributed by atoms with E-state index < -0.39 is 10.0 Å². The van der Waals surface area contributed by atoms with E-state index in [1.807, 2.05) is 23.6 Å². The molecular formula is C22H21N3O3S3. The summed E-state index contributed by atoms with van der Waals surface area (Å²) in [6, 6.07) is 19.0. The lowest BCUT2D eigenvalue weighted by molar-refractivity contribution is -0.115. The summed E-state index contributed by atoms with van der Waals surface area (Å²) in [7, 11) is -3.70. The SMILES string of the molecule is CCN(c1ccccc1)S(=O)(=O)c1ccc(NC(=S)NC(=O)/C=C/c2cccs2)cc1. The van der Waals surface area contributed by atoms with Crippen molar-refractivity contribution in [2.45, 2.75) is 11.8 Å². The number of benzene rings is 2. The number of nitrogens with zero attached hydrogens (tertiary/aromatic N) is 1. The fourth-order valence-electron chi connectivity index (χ4n) is 2.78. The van der Waals surface area contributed by atoms with Crippen LogP contribution in [0, 0.1) is 0 Å². The maximum absolute atomic E-state index is 13.0. The van der Waals surface area contributed by atoms with Crippen molar-refractivity contribution in [3.8, 4) is 0 Å². The zero-order valence-electron chi connectivity index (χ0n) is 16.7. The number of rotatable bonds is 7. The Morgan fingerprint density at radius 3 is 2.39 bits per heavy atom. The highest BCUT2D eigenvalue weighted by Crippen LogP contribution is 2.24. The van der Waals surface area contributed by atoms with Crippen LogP contribution in [0.4, 0.5) is 11.4 Å². The lowest BCUT2D eigenvalue weighted by Crippen LogP contribution is -2.33. The molecule has 0 atom stereocenters. The number of sulfonamides is 1. The number of para-hydroxylation sites is 1. The van der Waals surface area contributed by atoms with Crippen LogP contribution in [0.1, 0.15) is 11.8 Å². The zero-order chi connectivity index (χ0) is 22.3. The average Bonchev–Trinajstić information content (AvgIpc) is 3.27. The van der Waals surface area contributed by atoms with E-state index >= 15 is 0 Å². The zero-order valence-corrected chi connectivity index (χ0v) is 19.1. The number of hydrogen-bond acceptors (Lipinski definition) is 5. The van der Waals surface area contributed by atoms with Gasteiger partial charge < -0.3 is 5.32 Å². The van der Waals surface area contributed by atoms with Crippen molar-refractivity contribution in [2.24, 2.45) is 0 Å². The molecule has 1 heterocycles. The van der Waals surface area contributed by atoms with Crippen molar-refractivity contribution in [1.82, 2.24) is 5.32 Å². The van der Waals surface area contributed by atoms with Gasteiger partial charge in [0.1, 0.15) is 0 Å². The van der Waals surface area contributed by atoms with E-state index in [0.29, 0.717) is 17.9 Å². The minimum atomic E-state index is -3.70. The van der Waals surface area contributed by atoms with Gasteiger partial charge in [-0.1, -0.05) is 24.3 Å². The minimum Gasteiger partial charge on any atom is -0.332 e. The van der Waals surface area contributed by atoms with Crippen molar-refractivity contribution in [3.63, 3.8) is 0 Å². The Labute approximate surface area is 191 Å². The van der Waals surface area contributed by atoms with E-state index in [4.69, 9.17) is 12.2 Å². The molecule has 0 radical (unpaired) electrons. The maximum atomic E-state index is 13.0. The summed E-state index contributed by atoms with van der Waals surface area (Å²) in [6.45, 7) is 2.09. The Hall–Kier alpha value is -3.01. The molecule has 0 aliphatic carbocycles. The van der Waals surface area contributed by atoms with E-state index in [-0.39, 0.29) is 15.9 Å². The number of nitrogens with one attached hydrogen (secondary N) is 2. The summed E-state index contributed by atoms with van der Waals surface area (Å²) in [4.78, 5) is 13.1. The van der Waals surface area contributed by atoms with Crippen LogP contribution in [0.3, 0.4) is 0 Å². The topological polar surface area (TPSA) is 78.5 Å². The van der Waals surface area contributed by atoms with Gasteiger partial charge in [-0.2, -0.15) is 0 Å². The molecule has 0 saturated carbocycles. The van der Waals surface area contributed by atoms with Crippen molar-refractivity contribution in [2.75, 3.05) is 16.2 Å². The Morgan fingerprint density at radius 2 is 1.77 bits per heavy atom. The third-order valence-corrected chi connectivity index (χ3v) is 7.17. The first-order valence-corrected chi connectivity index (χ1v) is 12.1. The normalized spacial score (nSPS) is 11.3. The minimum absolute atomic E-state index is 0.121. The lowest BCUT2D eigenvalue weighted by Gasteiger charge is -2.23. The van der Waals surface area contributed by atoms with Crippen LogP contribution in [0.2, 0.25) is 0 Å². The van der Waals surface area contributed by atoms with Gasteiger partial charge in [0.25, 0.3) is 10.0 Å². The first kappa shape index (κ1) is 22.7. The molecule has 0 fully saturated rings. The predicted molar refractivity (Wildman–Crippen MR) is 131 cm³/mol. The molecule has 0 bridgehead atoms. The molecule has 2 aromatic carbocycles. The highest BCUT2D eigenvalue weighted by Gasteiger charge is 2.23. The molecule has 3 aromatic rings. The van der Waals surface area contributed by atoms with E-state index in [1.54, 1.807) is 49.4 Å². The number of amides is 1. The van der Waals surface area contributed by atoms with Gasteiger partial charge in [0.05, 0.1) is 10.6 Å².